The van der Waals surface area contributed by atoms with Gasteiger partial charge in [0.25, 0.3) is 0 Å². The first-order chi connectivity index (χ1) is 12.7. The number of hydrogen-bond acceptors (Lipinski definition) is 7. The van der Waals surface area contributed by atoms with Gasteiger partial charge >= 0.3 is 11.9 Å². The molecule has 2 aromatic rings. The third-order valence-electron chi connectivity index (χ3n) is 4.80. The molecule has 0 amide bonds. The van der Waals surface area contributed by atoms with Crippen LogP contribution in [0.15, 0.2) is 21.4 Å². The van der Waals surface area contributed by atoms with E-state index >= 15 is 0 Å². The maximum atomic E-state index is 12.1. The molecule has 0 spiro atoms. The maximum Gasteiger partial charge on any atom is 0.384 e. The molecule has 0 saturated carbocycles. The second kappa shape index (κ2) is 5.82. The number of aryl methyl sites for hydroxylation is 1. The lowest BCUT2D eigenvalue weighted by Gasteiger charge is -2.30. The van der Waals surface area contributed by atoms with Gasteiger partial charge in [0, 0.05) is 6.07 Å². The van der Waals surface area contributed by atoms with Crippen LogP contribution in [0.2, 0.25) is 0 Å². The Kier molecular flexibility index (Phi) is 3.78. The molecule has 0 radical (unpaired) electrons. The zero-order valence-corrected chi connectivity index (χ0v) is 15.1. The largest absolute Gasteiger partial charge is 0.482 e. The molecule has 2 aliphatic rings. The lowest BCUT2D eigenvalue weighted by molar-refractivity contribution is -0.572. The summed E-state index contributed by atoms with van der Waals surface area (Å²) in [5.74, 6) is 0.565. The normalized spacial score (nSPS) is 22.1. The maximum absolute atomic E-state index is 12.1. The van der Waals surface area contributed by atoms with Crippen molar-refractivity contribution in [2.75, 3.05) is 0 Å². The van der Waals surface area contributed by atoms with Crippen molar-refractivity contribution in [2.45, 2.75) is 51.5 Å². The van der Waals surface area contributed by atoms with E-state index in [1.165, 1.54) is 6.07 Å². The average Bonchev–Trinajstić information content (AvgIpc) is 2.92. The van der Waals surface area contributed by atoms with E-state index < -0.39 is 28.5 Å². The van der Waals surface area contributed by atoms with E-state index in [-0.39, 0.29) is 16.9 Å². The Balaban J connectivity index is 2.14. The number of nitrogens with zero attached hydrogens (tertiary/aromatic N) is 1. The Morgan fingerprint density at radius 3 is 2.74 bits per heavy atom. The molecule has 0 bridgehead atoms. The minimum absolute atomic E-state index is 0.0858. The highest BCUT2D eigenvalue weighted by molar-refractivity contribution is 5.97. The Hall–Kier alpha value is -2.87. The van der Waals surface area contributed by atoms with Crippen molar-refractivity contribution in [1.29, 1.82) is 0 Å². The molecule has 1 aromatic carbocycles. The SMILES string of the molecule is CCCc1cc(=O)oc2c3c(c4c(c12)OC(C)(C)C=C4)O[C@H]([N+](=O)[O-])[C@H]3O. The van der Waals surface area contributed by atoms with Gasteiger partial charge in [-0.25, -0.2) is 4.79 Å². The van der Waals surface area contributed by atoms with Gasteiger partial charge in [-0.1, -0.05) is 13.3 Å². The summed E-state index contributed by atoms with van der Waals surface area (Å²) in [7, 11) is 0. The van der Waals surface area contributed by atoms with E-state index in [1.54, 1.807) is 6.08 Å². The third kappa shape index (κ3) is 2.59. The second-order valence-corrected chi connectivity index (χ2v) is 7.31. The number of aliphatic hydroxyl groups excluding tert-OH is 1. The molecule has 4 rings (SSSR count). The van der Waals surface area contributed by atoms with Crippen LogP contribution in [0.5, 0.6) is 11.5 Å². The van der Waals surface area contributed by atoms with Gasteiger partial charge in [-0.05, 0) is 38.0 Å². The fourth-order valence-electron chi connectivity index (χ4n) is 3.65. The minimum Gasteiger partial charge on any atom is -0.482 e. The minimum atomic E-state index is -1.67. The molecule has 142 valence electrons. The average molecular weight is 373 g/mol. The fraction of sp³-hybridized carbons (Fsp3) is 0.421. The van der Waals surface area contributed by atoms with Gasteiger partial charge in [0.2, 0.25) is 0 Å². The van der Waals surface area contributed by atoms with Crippen LogP contribution in [-0.2, 0) is 6.42 Å². The summed E-state index contributed by atoms with van der Waals surface area (Å²) >= 11 is 0. The second-order valence-electron chi connectivity index (χ2n) is 7.31. The van der Waals surface area contributed by atoms with E-state index in [2.05, 4.69) is 0 Å². The lowest BCUT2D eigenvalue weighted by Crippen LogP contribution is -2.28. The molecule has 0 aliphatic carbocycles. The predicted molar refractivity (Wildman–Crippen MR) is 96.6 cm³/mol. The first kappa shape index (κ1) is 17.5. The van der Waals surface area contributed by atoms with Crippen LogP contribution in [-0.4, -0.2) is 21.9 Å². The number of ether oxygens (including phenoxy) is 2. The zero-order valence-electron chi connectivity index (χ0n) is 15.1. The molecule has 1 N–H and O–H groups in total. The highest BCUT2D eigenvalue weighted by Crippen LogP contribution is 2.52. The summed E-state index contributed by atoms with van der Waals surface area (Å²) in [5.41, 5.74) is 0.219. The van der Waals surface area contributed by atoms with Crippen molar-refractivity contribution in [3.8, 4) is 11.5 Å². The quantitative estimate of drug-likeness (QED) is 0.500. The third-order valence-corrected chi connectivity index (χ3v) is 4.80. The van der Waals surface area contributed by atoms with Gasteiger partial charge in [0.1, 0.15) is 17.1 Å². The zero-order chi connectivity index (χ0) is 19.5. The Morgan fingerprint density at radius 2 is 2.07 bits per heavy atom. The Morgan fingerprint density at radius 1 is 1.33 bits per heavy atom. The molecule has 1 aromatic heterocycles. The summed E-state index contributed by atoms with van der Waals surface area (Å²) < 4.78 is 17.0. The molecule has 0 unspecified atom stereocenters. The molecular formula is C19H19NO7. The molecule has 2 atom stereocenters. The summed E-state index contributed by atoms with van der Waals surface area (Å²) in [5, 5.41) is 22.4. The molecule has 0 fully saturated rings. The van der Waals surface area contributed by atoms with Crippen LogP contribution in [0, 0.1) is 10.1 Å². The molecule has 8 heteroatoms. The number of nitro groups is 1. The van der Waals surface area contributed by atoms with E-state index in [9.17, 15) is 20.0 Å². The van der Waals surface area contributed by atoms with E-state index in [1.807, 2.05) is 26.8 Å². The number of rotatable bonds is 3. The van der Waals surface area contributed by atoms with Crippen molar-refractivity contribution in [2.24, 2.45) is 0 Å². The summed E-state index contributed by atoms with van der Waals surface area (Å²) in [6, 6.07) is 1.40. The standard InChI is InChI=1S/C19H19NO7/c1-4-5-9-8-11(21)25-17-12(9)16-10(6-7-19(2,3)27-16)15-13(17)14(22)18(26-15)20(23)24/h6-8,14,18,22H,4-5H2,1-3H3/t14-,18-/m0/s1. The van der Waals surface area contributed by atoms with Crippen LogP contribution >= 0.6 is 0 Å². The van der Waals surface area contributed by atoms with Gasteiger partial charge in [-0.15, -0.1) is 0 Å². The van der Waals surface area contributed by atoms with E-state index in [0.717, 1.165) is 6.42 Å². The van der Waals surface area contributed by atoms with Crippen LogP contribution in [0.3, 0.4) is 0 Å². The van der Waals surface area contributed by atoms with Gasteiger partial charge in [0.15, 0.2) is 11.7 Å². The molecular weight excluding hydrogens is 354 g/mol. The van der Waals surface area contributed by atoms with Gasteiger partial charge in [-0.3, -0.25) is 10.1 Å². The van der Waals surface area contributed by atoms with E-state index in [0.29, 0.717) is 28.7 Å². The summed E-state index contributed by atoms with van der Waals surface area (Å²) in [6.07, 6.45) is 1.74. The highest BCUT2D eigenvalue weighted by atomic mass is 16.7. The van der Waals surface area contributed by atoms with Crippen LogP contribution < -0.4 is 15.1 Å². The van der Waals surface area contributed by atoms with Crippen molar-refractivity contribution in [1.82, 2.24) is 0 Å². The van der Waals surface area contributed by atoms with Crippen molar-refractivity contribution >= 4 is 17.0 Å². The molecule has 2 aliphatic heterocycles. The van der Waals surface area contributed by atoms with Gasteiger partial charge in [0.05, 0.1) is 21.4 Å². The first-order valence-electron chi connectivity index (χ1n) is 8.76. The predicted octanol–water partition coefficient (Wildman–Crippen LogP) is 2.96. The number of hydrogen-bond donors (Lipinski definition) is 1. The van der Waals surface area contributed by atoms with Crippen LogP contribution in [0.4, 0.5) is 0 Å². The smallest absolute Gasteiger partial charge is 0.384 e. The van der Waals surface area contributed by atoms with Gasteiger partial charge in [-0.2, -0.15) is 0 Å². The Labute approximate surface area is 154 Å². The number of fused-ring (bicyclic) bond motifs is 6. The molecule has 3 heterocycles. The molecule has 8 nitrogen and oxygen atoms in total. The van der Waals surface area contributed by atoms with Crippen LogP contribution in [0.1, 0.15) is 50.0 Å². The molecule has 27 heavy (non-hydrogen) atoms. The van der Waals surface area contributed by atoms with Crippen molar-refractivity contribution in [3.05, 3.63) is 49.4 Å². The van der Waals surface area contributed by atoms with E-state index in [4.69, 9.17) is 13.9 Å². The number of benzene rings is 1. The highest BCUT2D eigenvalue weighted by Gasteiger charge is 2.47. The lowest BCUT2D eigenvalue weighted by atomic mass is 9.93. The monoisotopic (exact) mass is 373 g/mol. The van der Waals surface area contributed by atoms with Crippen LogP contribution in [0.25, 0.3) is 17.0 Å². The van der Waals surface area contributed by atoms with Gasteiger partial charge < -0.3 is 19.0 Å². The Bertz CT molecular complexity index is 1050. The fourth-order valence-corrected chi connectivity index (χ4v) is 3.65. The first-order valence-corrected chi connectivity index (χ1v) is 8.76. The molecule has 0 saturated heterocycles. The topological polar surface area (TPSA) is 112 Å². The number of aliphatic hydroxyl groups is 1. The summed E-state index contributed by atoms with van der Waals surface area (Å²) in [4.78, 5) is 22.7. The summed E-state index contributed by atoms with van der Waals surface area (Å²) in [6.45, 7) is 5.73. The van der Waals surface area contributed by atoms with Crippen molar-refractivity contribution < 1.29 is 23.9 Å². The van der Waals surface area contributed by atoms with Crippen molar-refractivity contribution in [3.63, 3.8) is 0 Å².